The van der Waals surface area contributed by atoms with Crippen LogP contribution in [0.3, 0.4) is 0 Å². The molecular weight excluding hydrogens is 382 g/mol. The van der Waals surface area contributed by atoms with E-state index in [9.17, 15) is 0 Å². The number of aromatic nitrogens is 2. The number of anilines is 1. The van der Waals surface area contributed by atoms with E-state index in [4.69, 9.17) is 10.8 Å². The first-order chi connectivity index (χ1) is 15.2. The molecule has 3 aromatic rings. The van der Waals surface area contributed by atoms with E-state index in [1.165, 1.54) is 43.5 Å². The molecule has 5 heteroatoms. The molecule has 0 radical (unpaired) electrons. The van der Waals surface area contributed by atoms with Crippen LogP contribution in [0, 0.1) is 0 Å². The third-order valence-electron chi connectivity index (χ3n) is 6.07. The fourth-order valence-corrected chi connectivity index (χ4v) is 4.35. The minimum atomic E-state index is 0.0719. The van der Waals surface area contributed by atoms with Crippen LogP contribution >= 0.6 is 0 Å². The third kappa shape index (κ3) is 5.49. The Morgan fingerprint density at radius 1 is 0.968 bits per heavy atom. The first kappa shape index (κ1) is 21.5. The van der Waals surface area contributed by atoms with Crippen LogP contribution in [0.4, 0.5) is 5.82 Å². The summed E-state index contributed by atoms with van der Waals surface area (Å²) >= 11 is 0. The van der Waals surface area contributed by atoms with E-state index in [0.29, 0.717) is 5.82 Å². The van der Waals surface area contributed by atoms with Gasteiger partial charge in [0.1, 0.15) is 0 Å². The van der Waals surface area contributed by atoms with E-state index in [2.05, 4.69) is 65.3 Å². The third-order valence-corrected chi connectivity index (χ3v) is 6.07. The lowest BCUT2D eigenvalue weighted by molar-refractivity contribution is 0.221. The van der Waals surface area contributed by atoms with Gasteiger partial charge in [0.05, 0.1) is 24.1 Å². The smallest absolute Gasteiger partial charge is 0.162 e. The van der Waals surface area contributed by atoms with Crippen molar-refractivity contribution >= 4 is 5.82 Å². The molecule has 2 heterocycles. The molecule has 0 saturated carbocycles. The number of piperidine rings is 1. The number of hydrogen-bond acceptors (Lipinski definition) is 5. The van der Waals surface area contributed by atoms with Gasteiger partial charge in [0.15, 0.2) is 5.82 Å². The van der Waals surface area contributed by atoms with Crippen LogP contribution < -0.4 is 10.9 Å². The number of nitrogens with two attached hydrogens (primary N) is 1. The molecule has 1 aliphatic rings. The Balaban J connectivity index is 1.50. The van der Waals surface area contributed by atoms with Crippen LogP contribution in [0.5, 0.6) is 0 Å². The summed E-state index contributed by atoms with van der Waals surface area (Å²) in [5.74, 6) is 7.25. The molecule has 0 amide bonds. The van der Waals surface area contributed by atoms with Gasteiger partial charge in [-0.15, -0.1) is 0 Å². The van der Waals surface area contributed by atoms with Crippen LogP contribution in [0.2, 0.25) is 0 Å². The van der Waals surface area contributed by atoms with Gasteiger partial charge in [-0.1, -0.05) is 74.4 Å². The minimum absolute atomic E-state index is 0.0719. The molecule has 0 bridgehead atoms. The fraction of sp³-hybridized carbons (Fsp3) is 0.385. The second-order valence-electron chi connectivity index (χ2n) is 8.42. The van der Waals surface area contributed by atoms with Crippen molar-refractivity contribution in [3.63, 3.8) is 0 Å². The zero-order chi connectivity index (χ0) is 21.5. The molecule has 0 aliphatic carbocycles. The zero-order valence-electron chi connectivity index (χ0n) is 18.5. The summed E-state index contributed by atoms with van der Waals surface area (Å²) in [6.07, 6.45) is 9.56. The molecule has 1 saturated heterocycles. The molecule has 2 aromatic carbocycles. The lowest BCUT2D eigenvalue weighted by Gasteiger charge is -2.28. The van der Waals surface area contributed by atoms with Gasteiger partial charge in [-0.05, 0) is 43.5 Å². The van der Waals surface area contributed by atoms with Crippen LogP contribution in [-0.2, 0) is 6.54 Å². The molecule has 31 heavy (non-hydrogen) atoms. The maximum Gasteiger partial charge on any atom is 0.162 e. The van der Waals surface area contributed by atoms with Crippen molar-refractivity contribution in [3.05, 3.63) is 78.1 Å². The first-order valence-electron chi connectivity index (χ1n) is 11.5. The summed E-state index contributed by atoms with van der Waals surface area (Å²) in [5.41, 5.74) is 4.46. The Morgan fingerprint density at radius 3 is 2.42 bits per heavy atom. The second kappa shape index (κ2) is 10.5. The van der Waals surface area contributed by atoms with Crippen molar-refractivity contribution in [3.8, 4) is 11.3 Å². The highest BCUT2D eigenvalue weighted by Crippen LogP contribution is 2.28. The SMILES string of the molecule is CCCC(c1ccccc1)N(N)c1cncc(-c2ccc(CN3CCCCC3)cc2)n1. The summed E-state index contributed by atoms with van der Waals surface area (Å²) in [5, 5.41) is 1.76. The Morgan fingerprint density at radius 2 is 1.71 bits per heavy atom. The van der Waals surface area contributed by atoms with Gasteiger partial charge in [0.2, 0.25) is 0 Å². The highest BCUT2D eigenvalue weighted by atomic mass is 15.4. The number of hydrazine groups is 1. The Hall–Kier alpha value is -2.76. The standard InChI is InChI=1S/C26H33N5/c1-2-9-25(23-10-5-3-6-11-23)31(27)26-19-28-18-24(29-26)22-14-12-21(13-15-22)20-30-16-7-4-8-17-30/h3,5-6,10-15,18-19,25H,2,4,7-9,16-17,20,27H2,1H3. The number of hydrogen-bond donors (Lipinski definition) is 1. The predicted molar refractivity (Wildman–Crippen MR) is 127 cm³/mol. The van der Waals surface area contributed by atoms with E-state index in [1.54, 1.807) is 11.2 Å². The lowest BCUT2D eigenvalue weighted by atomic mass is 10.0. The van der Waals surface area contributed by atoms with Crippen molar-refractivity contribution in [1.82, 2.24) is 14.9 Å². The van der Waals surface area contributed by atoms with Crippen molar-refractivity contribution in [2.45, 2.75) is 51.6 Å². The highest BCUT2D eigenvalue weighted by Gasteiger charge is 2.19. The van der Waals surface area contributed by atoms with Crippen molar-refractivity contribution < 1.29 is 0 Å². The van der Waals surface area contributed by atoms with Gasteiger partial charge in [-0.25, -0.2) is 10.8 Å². The summed E-state index contributed by atoms with van der Waals surface area (Å²) in [6, 6.07) is 19.2. The molecule has 1 fully saturated rings. The van der Waals surface area contributed by atoms with E-state index >= 15 is 0 Å². The molecule has 5 nitrogen and oxygen atoms in total. The van der Waals surface area contributed by atoms with Crippen LogP contribution in [0.1, 0.15) is 56.2 Å². The fourth-order valence-electron chi connectivity index (χ4n) is 4.35. The first-order valence-corrected chi connectivity index (χ1v) is 11.5. The molecule has 162 valence electrons. The number of nitrogens with zero attached hydrogens (tertiary/aromatic N) is 4. The molecule has 1 atom stereocenters. The maximum absolute atomic E-state index is 6.56. The van der Waals surface area contributed by atoms with Crippen molar-refractivity contribution in [2.75, 3.05) is 18.1 Å². The quantitative estimate of drug-likeness (QED) is 0.397. The summed E-state index contributed by atoms with van der Waals surface area (Å²) in [7, 11) is 0. The van der Waals surface area contributed by atoms with Gasteiger partial charge in [-0.3, -0.25) is 14.9 Å². The van der Waals surface area contributed by atoms with E-state index < -0.39 is 0 Å². The molecule has 2 N–H and O–H groups in total. The zero-order valence-corrected chi connectivity index (χ0v) is 18.5. The summed E-state index contributed by atoms with van der Waals surface area (Å²) < 4.78 is 0. The number of likely N-dealkylation sites (tertiary alicyclic amines) is 1. The topological polar surface area (TPSA) is 58.3 Å². The van der Waals surface area contributed by atoms with Crippen molar-refractivity contribution in [2.24, 2.45) is 5.84 Å². The number of rotatable bonds is 8. The van der Waals surface area contributed by atoms with E-state index in [0.717, 1.165) is 30.6 Å². The highest BCUT2D eigenvalue weighted by molar-refractivity contribution is 5.60. The average molecular weight is 416 g/mol. The Kier molecular flexibility index (Phi) is 7.28. The Bertz CT molecular complexity index is 936. The van der Waals surface area contributed by atoms with Crippen molar-refractivity contribution in [1.29, 1.82) is 0 Å². The van der Waals surface area contributed by atoms with Gasteiger partial charge >= 0.3 is 0 Å². The minimum Gasteiger partial charge on any atom is -0.299 e. The van der Waals surface area contributed by atoms with Gasteiger partial charge in [0, 0.05) is 12.1 Å². The summed E-state index contributed by atoms with van der Waals surface area (Å²) in [6.45, 7) is 5.62. The van der Waals surface area contributed by atoms with E-state index in [1.807, 2.05) is 12.3 Å². The van der Waals surface area contributed by atoms with Crippen LogP contribution in [-0.4, -0.2) is 28.0 Å². The predicted octanol–water partition coefficient (Wildman–Crippen LogP) is 5.35. The second-order valence-corrected chi connectivity index (χ2v) is 8.42. The van der Waals surface area contributed by atoms with Gasteiger partial charge in [-0.2, -0.15) is 0 Å². The maximum atomic E-state index is 6.56. The van der Waals surface area contributed by atoms with Crippen LogP contribution in [0.25, 0.3) is 11.3 Å². The van der Waals surface area contributed by atoms with Gasteiger partial charge < -0.3 is 0 Å². The van der Waals surface area contributed by atoms with E-state index in [-0.39, 0.29) is 6.04 Å². The molecule has 1 aromatic heterocycles. The molecule has 0 spiro atoms. The van der Waals surface area contributed by atoms with Crippen LogP contribution in [0.15, 0.2) is 67.0 Å². The summed E-state index contributed by atoms with van der Waals surface area (Å²) in [4.78, 5) is 11.8. The molecular formula is C26H33N5. The Labute approximate surface area is 185 Å². The molecule has 1 aliphatic heterocycles. The molecule has 1 unspecified atom stereocenters. The number of benzene rings is 2. The normalized spacial score (nSPS) is 15.5. The largest absolute Gasteiger partial charge is 0.299 e. The van der Waals surface area contributed by atoms with Gasteiger partial charge in [0.25, 0.3) is 0 Å². The average Bonchev–Trinajstić information content (AvgIpc) is 2.84. The monoisotopic (exact) mass is 415 g/mol. The lowest BCUT2D eigenvalue weighted by Crippen LogP contribution is -2.36. The molecule has 4 rings (SSSR count).